The van der Waals surface area contributed by atoms with Gasteiger partial charge in [0.2, 0.25) is 12.2 Å². The molecule has 0 unspecified atom stereocenters. The molecular weight excluding hydrogens is 398 g/mol. The van der Waals surface area contributed by atoms with E-state index < -0.39 is 0 Å². The van der Waals surface area contributed by atoms with E-state index in [2.05, 4.69) is 15.3 Å². The maximum atomic E-state index is 13.2. The monoisotopic (exact) mass is 429 g/mol. The topological polar surface area (TPSA) is 73.5 Å². The van der Waals surface area contributed by atoms with Gasteiger partial charge in [0, 0.05) is 31.2 Å². The average molecular weight is 430 g/mol. The first-order chi connectivity index (χ1) is 14.5. The minimum absolute atomic E-state index is 0.165. The molecule has 7 heteroatoms. The molecule has 1 amide bonds. The number of allylic oxidation sites excluding steroid dienone is 3. The van der Waals surface area contributed by atoms with Crippen LogP contribution in [-0.2, 0) is 4.79 Å². The fraction of sp³-hybridized carbons (Fsp3) is 0.522. The first-order valence-electron chi connectivity index (χ1n) is 10.7. The number of hydrogen-bond acceptors (Lipinski definition) is 5. The van der Waals surface area contributed by atoms with Gasteiger partial charge >= 0.3 is 0 Å². The first-order valence-corrected chi connectivity index (χ1v) is 11.6. The average Bonchev–Trinajstić information content (AvgIpc) is 3.54. The van der Waals surface area contributed by atoms with Gasteiger partial charge in [0.15, 0.2) is 0 Å². The number of Topliss-reactive ketones (excluding diaryl/α,β-unsaturated/α-hetero) is 1. The molecule has 0 spiro atoms. The van der Waals surface area contributed by atoms with Crippen LogP contribution in [0.4, 0.5) is 5.00 Å². The lowest BCUT2D eigenvalue weighted by atomic mass is 9.95. The van der Waals surface area contributed by atoms with Crippen LogP contribution in [0.1, 0.15) is 63.7 Å². The van der Waals surface area contributed by atoms with E-state index in [9.17, 15) is 14.4 Å². The third kappa shape index (κ3) is 4.67. The quantitative estimate of drug-likeness (QED) is 0.566. The second-order valence-corrected chi connectivity index (χ2v) is 8.77. The van der Waals surface area contributed by atoms with Crippen LogP contribution in [0.3, 0.4) is 0 Å². The predicted molar refractivity (Wildman–Crippen MR) is 122 cm³/mol. The smallest absolute Gasteiger partial charge is 0.271 e. The SMILES string of the molecule is CC.CC1=C(/C=C(/C)CC2=CCN(C=O)CC2)C(=O)c2c(s[nH]c2=O)N(C2CC2)C1. The Morgan fingerprint density at radius 1 is 1.30 bits per heavy atom. The van der Waals surface area contributed by atoms with Gasteiger partial charge in [-0.15, -0.1) is 0 Å². The maximum absolute atomic E-state index is 13.2. The minimum atomic E-state index is -0.280. The summed E-state index contributed by atoms with van der Waals surface area (Å²) >= 11 is 1.28. The summed E-state index contributed by atoms with van der Waals surface area (Å²) in [5, 5.41) is 0.793. The molecule has 0 atom stereocenters. The molecule has 30 heavy (non-hydrogen) atoms. The number of H-pyrrole nitrogens is 1. The number of amides is 1. The molecule has 3 aliphatic rings. The van der Waals surface area contributed by atoms with Gasteiger partial charge in [-0.1, -0.05) is 37.1 Å². The molecular formula is C23H31N3O3S. The fourth-order valence-corrected chi connectivity index (χ4v) is 4.86. The number of carbonyl (C=O) groups excluding carboxylic acids is 2. The van der Waals surface area contributed by atoms with Crippen molar-refractivity contribution in [3.05, 3.63) is 50.4 Å². The molecule has 4 rings (SSSR count). The Kier molecular flexibility index (Phi) is 7.13. The Morgan fingerprint density at radius 3 is 2.63 bits per heavy atom. The van der Waals surface area contributed by atoms with Crippen LogP contribution in [0.2, 0.25) is 0 Å². The van der Waals surface area contributed by atoms with Gasteiger partial charge in [-0.2, -0.15) is 0 Å². The first kappa shape index (κ1) is 22.3. The molecule has 162 valence electrons. The van der Waals surface area contributed by atoms with E-state index in [1.54, 1.807) is 4.90 Å². The van der Waals surface area contributed by atoms with Crippen LogP contribution in [0.5, 0.6) is 0 Å². The molecule has 0 aromatic carbocycles. The van der Waals surface area contributed by atoms with E-state index in [1.165, 1.54) is 17.1 Å². The number of anilines is 1. The lowest BCUT2D eigenvalue weighted by Crippen LogP contribution is -2.27. The van der Waals surface area contributed by atoms with Crippen molar-refractivity contribution < 1.29 is 9.59 Å². The molecule has 6 nitrogen and oxygen atoms in total. The number of nitrogens with one attached hydrogen (secondary N) is 1. The van der Waals surface area contributed by atoms with Crippen LogP contribution >= 0.6 is 11.5 Å². The van der Waals surface area contributed by atoms with Crippen LogP contribution in [0, 0.1) is 0 Å². The standard InChI is InChI=1S/C21H25N3O3S.C2H6/c1-13(9-15-5-7-23(12-25)8-6-15)10-17-14(2)11-24(16-3-4-16)21-18(19(17)26)20(27)22-28-21;1-2/h5,10,12,16H,3-4,6-9,11H2,1-2H3,(H,22,27);1-2H3/b13-10-;. The summed E-state index contributed by atoms with van der Waals surface area (Å²) in [7, 11) is 0. The zero-order chi connectivity index (χ0) is 21.8. The summed E-state index contributed by atoms with van der Waals surface area (Å²) in [4.78, 5) is 40.4. The van der Waals surface area contributed by atoms with Gasteiger partial charge in [-0.3, -0.25) is 18.8 Å². The van der Waals surface area contributed by atoms with E-state index in [0.717, 1.165) is 54.8 Å². The lowest BCUT2D eigenvalue weighted by Gasteiger charge is -2.22. The van der Waals surface area contributed by atoms with Gasteiger partial charge in [0.05, 0.1) is 0 Å². The Labute approximate surface area is 182 Å². The summed E-state index contributed by atoms with van der Waals surface area (Å²) in [6.45, 7) is 10.1. The van der Waals surface area contributed by atoms with Crippen LogP contribution in [-0.4, -0.2) is 47.1 Å². The van der Waals surface area contributed by atoms with Crippen LogP contribution < -0.4 is 10.5 Å². The molecule has 3 heterocycles. The third-order valence-corrected chi connectivity index (χ3v) is 6.57. The summed E-state index contributed by atoms with van der Waals surface area (Å²) in [6, 6.07) is 0.436. The van der Waals surface area contributed by atoms with Crippen molar-refractivity contribution in [3.8, 4) is 0 Å². The maximum Gasteiger partial charge on any atom is 0.271 e. The van der Waals surface area contributed by atoms with Crippen LogP contribution in [0.25, 0.3) is 0 Å². The van der Waals surface area contributed by atoms with Crippen LogP contribution in [0.15, 0.2) is 39.2 Å². The number of ketones is 1. The van der Waals surface area contributed by atoms with Gasteiger partial charge < -0.3 is 9.80 Å². The highest BCUT2D eigenvalue weighted by molar-refractivity contribution is 7.10. The number of carbonyl (C=O) groups is 2. The number of rotatable bonds is 5. The van der Waals surface area contributed by atoms with Crippen molar-refractivity contribution in [1.29, 1.82) is 0 Å². The molecule has 1 aromatic rings. The molecule has 0 saturated heterocycles. The molecule has 0 bridgehead atoms. The van der Waals surface area contributed by atoms with Crippen molar-refractivity contribution in [2.45, 2.75) is 59.4 Å². The number of aromatic amines is 1. The normalized spacial score (nSPS) is 19.7. The molecule has 1 fully saturated rings. The number of fused-ring (bicyclic) bond motifs is 1. The van der Waals surface area contributed by atoms with Gasteiger partial charge in [-0.05, 0) is 56.6 Å². The highest BCUT2D eigenvalue weighted by Crippen LogP contribution is 2.38. The predicted octanol–water partition coefficient (Wildman–Crippen LogP) is 4.07. The van der Waals surface area contributed by atoms with Gasteiger partial charge in [-0.25, -0.2) is 0 Å². The second-order valence-electron chi connectivity index (χ2n) is 7.98. The van der Waals surface area contributed by atoms with Gasteiger partial charge in [0.1, 0.15) is 10.6 Å². The molecule has 2 aliphatic heterocycles. The Bertz CT molecular complexity index is 963. The second kappa shape index (κ2) is 9.60. The van der Waals surface area contributed by atoms with Crippen molar-refractivity contribution in [2.75, 3.05) is 24.5 Å². The van der Waals surface area contributed by atoms with Crippen molar-refractivity contribution >= 4 is 28.7 Å². The fourth-order valence-electron chi connectivity index (χ4n) is 3.95. The Hall–Kier alpha value is -2.41. The highest BCUT2D eigenvalue weighted by atomic mass is 32.1. The zero-order valence-electron chi connectivity index (χ0n) is 18.3. The Morgan fingerprint density at radius 2 is 2.03 bits per heavy atom. The van der Waals surface area contributed by atoms with E-state index >= 15 is 0 Å². The molecule has 1 saturated carbocycles. The summed E-state index contributed by atoms with van der Waals surface area (Å²) in [6.07, 6.45) is 8.82. The highest BCUT2D eigenvalue weighted by Gasteiger charge is 2.37. The number of hydrogen-bond donors (Lipinski definition) is 1. The van der Waals surface area contributed by atoms with Crippen molar-refractivity contribution in [2.24, 2.45) is 0 Å². The lowest BCUT2D eigenvalue weighted by molar-refractivity contribution is -0.117. The molecule has 1 aromatic heterocycles. The largest absolute Gasteiger partial charge is 0.355 e. The summed E-state index contributed by atoms with van der Waals surface area (Å²) in [5.74, 6) is -0.165. The zero-order valence-corrected chi connectivity index (χ0v) is 19.1. The van der Waals surface area contributed by atoms with E-state index in [1.807, 2.05) is 33.8 Å². The minimum Gasteiger partial charge on any atom is -0.355 e. The third-order valence-electron chi connectivity index (χ3n) is 5.65. The molecule has 0 radical (unpaired) electrons. The summed E-state index contributed by atoms with van der Waals surface area (Å²) < 4.78 is 2.75. The number of aromatic nitrogens is 1. The molecule has 1 N–H and O–H groups in total. The van der Waals surface area contributed by atoms with Gasteiger partial charge in [0.25, 0.3) is 5.56 Å². The number of nitrogens with zero attached hydrogens (tertiary/aromatic N) is 2. The summed E-state index contributed by atoms with van der Waals surface area (Å²) in [5.41, 5.74) is 4.08. The Balaban J connectivity index is 0.00000124. The van der Waals surface area contributed by atoms with Crippen molar-refractivity contribution in [1.82, 2.24) is 9.27 Å². The van der Waals surface area contributed by atoms with Crippen molar-refractivity contribution in [3.63, 3.8) is 0 Å². The van der Waals surface area contributed by atoms with E-state index in [0.29, 0.717) is 30.3 Å². The van der Waals surface area contributed by atoms with E-state index in [-0.39, 0.29) is 11.3 Å². The molecule has 1 aliphatic carbocycles. The van der Waals surface area contributed by atoms with E-state index in [4.69, 9.17) is 0 Å².